The molecule has 0 saturated carbocycles. The van der Waals surface area contributed by atoms with E-state index in [4.69, 9.17) is 4.74 Å². The molecular formula is C30H42O6S. The van der Waals surface area contributed by atoms with Gasteiger partial charge in [0.25, 0.3) is 0 Å². The number of unbranched alkanes of at least 4 members (excludes halogenated alkanes) is 2. The quantitative estimate of drug-likeness (QED) is 0.306. The van der Waals surface area contributed by atoms with Crippen LogP contribution < -0.4 is 0 Å². The molecule has 1 aliphatic heterocycles. The third-order valence-electron chi connectivity index (χ3n) is 7.44. The average molecular weight is 531 g/mol. The molecule has 7 heteroatoms. The molecule has 1 fully saturated rings. The second-order valence-electron chi connectivity index (χ2n) is 10.8. The standard InChI is InChI=1S/C30H42O6S/c1-19-10-15-22(28-26(34)25(33)27(35)29(36-28)37-4)17-23(19)16-21-13-11-20(12-14-21)8-6-5-7-9-24(32)30(2,3)18-31/h10-15,17,25-29,31,33-35H,5-9,16,18H2,1-4H3/t25-,26-,27+,28+,29-/m1/s1. The average Bonchev–Trinajstić information content (AvgIpc) is 2.89. The van der Waals surface area contributed by atoms with Gasteiger partial charge < -0.3 is 25.2 Å². The van der Waals surface area contributed by atoms with Crippen LogP contribution in [-0.2, 0) is 22.4 Å². The summed E-state index contributed by atoms with van der Waals surface area (Å²) in [6.45, 7) is 5.53. The molecule has 0 aliphatic carbocycles. The van der Waals surface area contributed by atoms with Crippen LogP contribution in [0.15, 0.2) is 42.5 Å². The molecule has 2 aromatic carbocycles. The number of ketones is 1. The van der Waals surface area contributed by atoms with Crippen LogP contribution in [-0.4, -0.2) is 62.8 Å². The van der Waals surface area contributed by atoms with E-state index in [1.165, 1.54) is 22.9 Å². The molecule has 0 amide bonds. The van der Waals surface area contributed by atoms with Gasteiger partial charge in [-0.2, -0.15) is 0 Å². The van der Waals surface area contributed by atoms with Gasteiger partial charge >= 0.3 is 0 Å². The van der Waals surface area contributed by atoms with Crippen molar-refractivity contribution in [3.8, 4) is 0 Å². The van der Waals surface area contributed by atoms with Crippen molar-refractivity contribution in [3.05, 3.63) is 70.3 Å². The molecule has 204 valence electrons. The highest BCUT2D eigenvalue weighted by Crippen LogP contribution is 2.36. The van der Waals surface area contributed by atoms with Crippen molar-refractivity contribution in [1.29, 1.82) is 0 Å². The Morgan fingerprint density at radius 2 is 1.62 bits per heavy atom. The Labute approximate surface area is 225 Å². The lowest BCUT2D eigenvalue weighted by molar-refractivity contribution is -0.200. The number of carbonyl (C=O) groups is 1. The van der Waals surface area contributed by atoms with E-state index < -0.39 is 35.3 Å². The van der Waals surface area contributed by atoms with Crippen LogP contribution in [0.1, 0.15) is 73.5 Å². The minimum absolute atomic E-state index is 0.107. The molecular weight excluding hydrogens is 488 g/mol. The topological polar surface area (TPSA) is 107 Å². The molecule has 1 heterocycles. The monoisotopic (exact) mass is 530 g/mol. The van der Waals surface area contributed by atoms with Crippen LogP contribution in [0, 0.1) is 12.3 Å². The molecule has 6 nitrogen and oxygen atoms in total. The van der Waals surface area contributed by atoms with Crippen molar-refractivity contribution in [2.24, 2.45) is 5.41 Å². The number of ether oxygens (including phenoxy) is 1. The predicted molar refractivity (Wildman–Crippen MR) is 148 cm³/mol. The van der Waals surface area contributed by atoms with Gasteiger partial charge in [-0.05, 0) is 66.7 Å². The Kier molecular flexibility index (Phi) is 10.8. The molecule has 0 aromatic heterocycles. The first-order chi connectivity index (χ1) is 17.6. The maximum Gasteiger partial charge on any atom is 0.140 e. The van der Waals surface area contributed by atoms with Crippen LogP contribution in [0.3, 0.4) is 0 Å². The molecule has 5 atom stereocenters. The summed E-state index contributed by atoms with van der Waals surface area (Å²) in [5.41, 5.74) is 4.26. The zero-order valence-corrected chi connectivity index (χ0v) is 23.2. The molecule has 1 saturated heterocycles. The predicted octanol–water partition coefficient (Wildman–Crippen LogP) is 4.12. The SMILES string of the molecule is CS[C@H]1O[C@@H](c2ccc(C)c(Cc3ccc(CCCCCC(=O)C(C)(C)CO)cc3)c2)[C@H](O)[C@@H](O)[C@@H]1O. The molecule has 3 rings (SSSR count). The van der Waals surface area contributed by atoms with Gasteiger partial charge in [-0.25, -0.2) is 0 Å². The lowest BCUT2D eigenvalue weighted by Crippen LogP contribution is -2.52. The summed E-state index contributed by atoms with van der Waals surface area (Å²) in [5, 5.41) is 40.3. The Hall–Kier alpha value is -1.74. The van der Waals surface area contributed by atoms with Gasteiger partial charge in [0.05, 0.1) is 6.61 Å². The highest BCUT2D eigenvalue weighted by molar-refractivity contribution is 7.99. The maximum absolute atomic E-state index is 12.1. The Balaban J connectivity index is 1.56. The number of thioether (sulfide) groups is 1. The first-order valence-corrected chi connectivity index (χ1v) is 14.4. The zero-order valence-electron chi connectivity index (χ0n) is 22.4. The van der Waals surface area contributed by atoms with E-state index in [0.29, 0.717) is 6.42 Å². The zero-order chi connectivity index (χ0) is 27.2. The van der Waals surface area contributed by atoms with Crippen molar-refractivity contribution in [1.82, 2.24) is 0 Å². The number of hydrogen-bond donors (Lipinski definition) is 4. The Morgan fingerprint density at radius 1 is 0.946 bits per heavy atom. The molecule has 0 spiro atoms. The third-order valence-corrected chi connectivity index (χ3v) is 8.30. The normalized spacial score (nSPS) is 24.3. The third kappa shape index (κ3) is 7.65. The highest BCUT2D eigenvalue weighted by atomic mass is 32.2. The minimum Gasteiger partial charge on any atom is -0.395 e. The van der Waals surface area contributed by atoms with Crippen molar-refractivity contribution >= 4 is 17.5 Å². The fourth-order valence-electron chi connectivity index (χ4n) is 4.64. The maximum atomic E-state index is 12.1. The second kappa shape index (κ2) is 13.4. The first-order valence-electron chi connectivity index (χ1n) is 13.1. The summed E-state index contributed by atoms with van der Waals surface area (Å²) >= 11 is 1.31. The summed E-state index contributed by atoms with van der Waals surface area (Å²) in [5.74, 6) is 0.126. The lowest BCUT2D eigenvalue weighted by atomic mass is 9.86. The van der Waals surface area contributed by atoms with Gasteiger partial charge in [-0.3, -0.25) is 4.79 Å². The molecule has 0 radical (unpaired) electrons. The largest absolute Gasteiger partial charge is 0.395 e. The molecule has 0 unspecified atom stereocenters. The van der Waals surface area contributed by atoms with E-state index >= 15 is 0 Å². The summed E-state index contributed by atoms with van der Waals surface area (Å²) in [7, 11) is 0. The number of aliphatic hydroxyl groups excluding tert-OH is 4. The van der Waals surface area contributed by atoms with Crippen LogP contribution in [0.4, 0.5) is 0 Å². The van der Waals surface area contributed by atoms with Crippen molar-refractivity contribution in [3.63, 3.8) is 0 Å². The fourth-order valence-corrected chi connectivity index (χ4v) is 5.31. The van der Waals surface area contributed by atoms with E-state index in [2.05, 4.69) is 31.2 Å². The minimum atomic E-state index is -1.26. The van der Waals surface area contributed by atoms with E-state index in [-0.39, 0.29) is 12.4 Å². The molecule has 0 bridgehead atoms. The van der Waals surface area contributed by atoms with Crippen LogP contribution in [0.5, 0.6) is 0 Å². The number of Topliss-reactive ketones (excluding diaryl/α,β-unsaturated/α-hetero) is 1. The summed E-state index contributed by atoms with van der Waals surface area (Å²) in [4.78, 5) is 12.1. The Morgan fingerprint density at radius 3 is 2.27 bits per heavy atom. The number of benzene rings is 2. The highest BCUT2D eigenvalue weighted by Gasteiger charge is 2.44. The first kappa shape index (κ1) is 29.8. The van der Waals surface area contributed by atoms with E-state index in [0.717, 1.165) is 48.8 Å². The van der Waals surface area contributed by atoms with Crippen molar-refractivity contribution < 1.29 is 30.0 Å². The summed E-state index contributed by atoms with van der Waals surface area (Å²) in [6, 6.07) is 14.5. The number of aryl methyl sites for hydroxylation is 2. The van der Waals surface area contributed by atoms with E-state index in [1.54, 1.807) is 20.1 Å². The van der Waals surface area contributed by atoms with Crippen LogP contribution in [0.25, 0.3) is 0 Å². The van der Waals surface area contributed by atoms with Gasteiger partial charge in [0.15, 0.2) is 0 Å². The van der Waals surface area contributed by atoms with Gasteiger partial charge in [0.1, 0.15) is 35.6 Å². The number of carbonyl (C=O) groups excluding carboxylic acids is 1. The number of hydrogen-bond acceptors (Lipinski definition) is 7. The van der Waals surface area contributed by atoms with Gasteiger partial charge in [0.2, 0.25) is 0 Å². The van der Waals surface area contributed by atoms with Gasteiger partial charge in [-0.1, -0.05) is 62.7 Å². The van der Waals surface area contributed by atoms with Crippen LogP contribution >= 0.6 is 11.8 Å². The van der Waals surface area contributed by atoms with E-state index in [1.807, 2.05) is 18.2 Å². The molecule has 2 aromatic rings. The molecule has 4 N–H and O–H groups in total. The lowest BCUT2D eigenvalue weighted by Gasteiger charge is -2.40. The summed E-state index contributed by atoms with van der Waals surface area (Å²) < 4.78 is 5.94. The number of rotatable bonds is 12. The van der Waals surface area contributed by atoms with Gasteiger partial charge in [0, 0.05) is 11.8 Å². The van der Waals surface area contributed by atoms with Crippen molar-refractivity contribution in [2.45, 2.75) is 89.1 Å². The number of aliphatic hydroxyl groups is 4. The van der Waals surface area contributed by atoms with Crippen LogP contribution in [0.2, 0.25) is 0 Å². The van der Waals surface area contributed by atoms with Crippen molar-refractivity contribution in [2.75, 3.05) is 12.9 Å². The fraction of sp³-hybridized carbons (Fsp3) is 0.567. The van der Waals surface area contributed by atoms with Gasteiger partial charge in [-0.15, -0.1) is 11.8 Å². The molecule has 1 aliphatic rings. The smallest absolute Gasteiger partial charge is 0.140 e. The molecule has 37 heavy (non-hydrogen) atoms. The Bertz CT molecular complexity index is 1020. The second-order valence-corrected chi connectivity index (χ2v) is 11.8. The summed E-state index contributed by atoms with van der Waals surface area (Å²) in [6.07, 6.45) is 2.58. The van der Waals surface area contributed by atoms with E-state index in [9.17, 15) is 25.2 Å².